The third-order valence-electron chi connectivity index (χ3n) is 2.47. The van der Waals surface area contributed by atoms with E-state index in [9.17, 15) is 0 Å². The van der Waals surface area contributed by atoms with E-state index < -0.39 is 0 Å². The topological polar surface area (TPSA) is 70.3 Å². The third kappa shape index (κ3) is 2.17. The minimum Gasteiger partial charge on any atom is -0.493 e. The van der Waals surface area contributed by atoms with Crippen LogP contribution >= 0.6 is 11.6 Å². The Labute approximate surface area is 110 Å². The van der Waals surface area contributed by atoms with Crippen molar-refractivity contribution in [2.45, 2.75) is 0 Å². The maximum Gasteiger partial charge on any atom is 0.161 e. The van der Waals surface area contributed by atoms with Gasteiger partial charge in [-0.2, -0.15) is 0 Å². The Morgan fingerprint density at radius 2 is 1.83 bits per heavy atom. The fourth-order valence-electron chi connectivity index (χ4n) is 1.57. The van der Waals surface area contributed by atoms with Crippen molar-refractivity contribution in [3.05, 3.63) is 29.5 Å². The van der Waals surface area contributed by atoms with Crippen LogP contribution in [-0.4, -0.2) is 24.2 Å². The number of halogens is 1. The number of aromatic nitrogens is 2. The molecule has 6 heteroatoms. The molecule has 0 aliphatic carbocycles. The SMILES string of the molecule is COc1ccc(-c2ncnc(N)c2Cl)cc1OC. The number of nitrogens with two attached hydrogens (primary N) is 1. The molecular formula is C12H12ClN3O2. The molecule has 1 aromatic heterocycles. The molecule has 0 unspecified atom stereocenters. The van der Waals surface area contributed by atoms with Gasteiger partial charge < -0.3 is 15.2 Å². The highest BCUT2D eigenvalue weighted by molar-refractivity contribution is 6.35. The smallest absolute Gasteiger partial charge is 0.161 e. The van der Waals surface area contributed by atoms with Gasteiger partial charge in [0.25, 0.3) is 0 Å². The zero-order valence-corrected chi connectivity index (χ0v) is 10.7. The number of ether oxygens (including phenoxy) is 2. The van der Waals surface area contributed by atoms with E-state index in [1.165, 1.54) is 6.33 Å². The van der Waals surface area contributed by atoms with E-state index in [1.54, 1.807) is 26.4 Å². The molecule has 0 fully saturated rings. The molecule has 18 heavy (non-hydrogen) atoms. The van der Waals surface area contributed by atoms with Crippen LogP contribution in [0.15, 0.2) is 24.5 Å². The number of hydrogen-bond acceptors (Lipinski definition) is 5. The van der Waals surface area contributed by atoms with Crippen molar-refractivity contribution in [1.29, 1.82) is 0 Å². The lowest BCUT2D eigenvalue weighted by Gasteiger charge is -2.10. The van der Waals surface area contributed by atoms with Crippen LogP contribution in [0.5, 0.6) is 11.5 Å². The summed E-state index contributed by atoms with van der Waals surface area (Å²) in [7, 11) is 3.14. The molecule has 0 radical (unpaired) electrons. The molecule has 0 saturated carbocycles. The van der Waals surface area contributed by atoms with Gasteiger partial charge in [0.1, 0.15) is 17.2 Å². The second kappa shape index (κ2) is 5.10. The number of methoxy groups -OCH3 is 2. The molecule has 2 N–H and O–H groups in total. The Hall–Kier alpha value is -2.01. The van der Waals surface area contributed by atoms with Gasteiger partial charge in [0.05, 0.1) is 19.9 Å². The molecule has 5 nitrogen and oxygen atoms in total. The van der Waals surface area contributed by atoms with E-state index in [1.807, 2.05) is 6.07 Å². The summed E-state index contributed by atoms with van der Waals surface area (Å²) < 4.78 is 10.4. The van der Waals surface area contributed by atoms with E-state index in [0.29, 0.717) is 22.2 Å². The number of anilines is 1. The minimum atomic E-state index is 0.247. The number of hydrogen-bond donors (Lipinski definition) is 1. The van der Waals surface area contributed by atoms with Crippen molar-refractivity contribution in [3.8, 4) is 22.8 Å². The summed E-state index contributed by atoms with van der Waals surface area (Å²) in [4.78, 5) is 7.94. The van der Waals surface area contributed by atoms with E-state index >= 15 is 0 Å². The molecule has 1 heterocycles. The molecule has 0 atom stereocenters. The number of nitrogens with zero attached hydrogens (tertiary/aromatic N) is 2. The molecule has 2 aromatic rings. The van der Waals surface area contributed by atoms with Crippen LogP contribution in [-0.2, 0) is 0 Å². The molecule has 0 aliphatic heterocycles. The molecule has 94 valence electrons. The van der Waals surface area contributed by atoms with E-state index in [2.05, 4.69) is 9.97 Å². The summed E-state index contributed by atoms with van der Waals surface area (Å²) in [6.07, 6.45) is 1.37. The lowest BCUT2D eigenvalue weighted by molar-refractivity contribution is 0.355. The van der Waals surface area contributed by atoms with Crippen molar-refractivity contribution < 1.29 is 9.47 Å². The molecule has 2 rings (SSSR count). The third-order valence-corrected chi connectivity index (χ3v) is 2.85. The summed E-state index contributed by atoms with van der Waals surface area (Å²) in [6, 6.07) is 5.39. The van der Waals surface area contributed by atoms with Crippen molar-refractivity contribution in [1.82, 2.24) is 9.97 Å². The summed E-state index contributed by atoms with van der Waals surface area (Å²) in [5, 5.41) is 0.324. The monoisotopic (exact) mass is 265 g/mol. The predicted molar refractivity (Wildman–Crippen MR) is 70.0 cm³/mol. The summed E-state index contributed by atoms with van der Waals surface area (Å²) in [5.74, 6) is 1.49. The standard InChI is InChI=1S/C12H12ClN3O2/c1-17-8-4-3-7(5-9(8)18-2)11-10(13)12(14)16-6-15-11/h3-6H,1-2H3,(H2,14,15,16). The van der Waals surface area contributed by atoms with Gasteiger partial charge in [-0.05, 0) is 18.2 Å². The Balaban J connectivity index is 2.54. The first-order valence-electron chi connectivity index (χ1n) is 5.15. The van der Waals surface area contributed by atoms with Gasteiger partial charge >= 0.3 is 0 Å². The van der Waals surface area contributed by atoms with Gasteiger partial charge in [-0.1, -0.05) is 11.6 Å². The average molecular weight is 266 g/mol. The fourth-order valence-corrected chi connectivity index (χ4v) is 1.77. The van der Waals surface area contributed by atoms with E-state index in [0.717, 1.165) is 5.56 Å². The summed E-state index contributed by atoms with van der Waals surface area (Å²) in [6.45, 7) is 0. The van der Waals surface area contributed by atoms with Crippen LogP contribution in [0.25, 0.3) is 11.3 Å². The highest BCUT2D eigenvalue weighted by Gasteiger charge is 2.12. The summed E-state index contributed by atoms with van der Waals surface area (Å²) in [5.41, 5.74) is 6.99. The van der Waals surface area contributed by atoms with Gasteiger partial charge in [0.2, 0.25) is 0 Å². The lowest BCUT2D eigenvalue weighted by Crippen LogP contribution is -1.96. The maximum absolute atomic E-state index is 6.07. The number of nitrogen functional groups attached to an aromatic ring is 1. The predicted octanol–water partition coefficient (Wildman–Crippen LogP) is 2.40. The molecular weight excluding hydrogens is 254 g/mol. The van der Waals surface area contributed by atoms with Crippen molar-refractivity contribution in [3.63, 3.8) is 0 Å². The normalized spacial score (nSPS) is 10.2. The average Bonchev–Trinajstić information content (AvgIpc) is 2.41. The Bertz CT molecular complexity index is 575. The van der Waals surface area contributed by atoms with Gasteiger partial charge in [-0.25, -0.2) is 9.97 Å². The van der Waals surface area contributed by atoms with Crippen LogP contribution < -0.4 is 15.2 Å². The largest absolute Gasteiger partial charge is 0.493 e. The second-order valence-electron chi connectivity index (χ2n) is 3.49. The van der Waals surface area contributed by atoms with Crippen LogP contribution in [0.3, 0.4) is 0 Å². The van der Waals surface area contributed by atoms with Crippen molar-refractivity contribution >= 4 is 17.4 Å². The van der Waals surface area contributed by atoms with Crippen LogP contribution in [0.1, 0.15) is 0 Å². The Morgan fingerprint density at radius 3 is 2.50 bits per heavy atom. The molecule has 0 saturated heterocycles. The van der Waals surface area contributed by atoms with E-state index in [4.69, 9.17) is 26.8 Å². The number of benzene rings is 1. The van der Waals surface area contributed by atoms with Crippen LogP contribution in [0.4, 0.5) is 5.82 Å². The molecule has 1 aromatic carbocycles. The Kier molecular flexibility index (Phi) is 3.53. The van der Waals surface area contributed by atoms with Crippen molar-refractivity contribution in [2.24, 2.45) is 0 Å². The molecule has 0 amide bonds. The first-order valence-corrected chi connectivity index (χ1v) is 5.53. The summed E-state index contributed by atoms with van der Waals surface area (Å²) >= 11 is 6.07. The van der Waals surface area contributed by atoms with Gasteiger partial charge in [-0.3, -0.25) is 0 Å². The lowest BCUT2D eigenvalue weighted by atomic mass is 10.1. The molecule has 0 aliphatic rings. The number of rotatable bonds is 3. The van der Waals surface area contributed by atoms with Crippen molar-refractivity contribution in [2.75, 3.05) is 20.0 Å². The first kappa shape index (κ1) is 12.4. The highest BCUT2D eigenvalue weighted by atomic mass is 35.5. The first-order chi connectivity index (χ1) is 8.67. The zero-order chi connectivity index (χ0) is 13.1. The van der Waals surface area contributed by atoms with Gasteiger partial charge in [0, 0.05) is 5.56 Å². The van der Waals surface area contributed by atoms with Crippen LogP contribution in [0, 0.1) is 0 Å². The molecule has 0 bridgehead atoms. The molecule has 0 spiro atoms. The van der Waals surface area contributed by atoms with Gasteiger partial charge in [0.15, 0.2) is 11.5 Å². The second-order valence-corrected chi connectivity index (χ2v) is 3.87. The zero-order valence-electron chi connectivity index (χ0n) is 9.98. The van der Waals surface area contributed by atoms with Gasteiger partial charge in [-0.15, -0.1) is 0 Å². The maximum atomic E-state index is 6.07. The quantitative estimate of drug-likeness (QED) is 0.923. The highest BCUT2D eigenvalue weighted by Crippen LogP contribution is 2.35. The fraction of sp³-hybridized carbons (Fsp3) is 0.167. The van der Waals surface area contributed by atoms with Crippen LogP contribution in [0.2, 0.25) is 5.02 Å². The Morgan fingerprint density at radius 1 is 1.11 bits per heavy atom. The van der Waals surface area contributed by atoms with E-state index in [-0.39, 0.29) is 5.82 Å². The minimum absolute atomic E-state index is 0.247.